The van der Waals surface area contributed by atoms with Crippen LogP contribution in [0.25, 0.3) is 16.6 Å². The normalized spacial score (nSPS) is 11.1. The molecule has 0 unspecified atom stereocenters. The van der Waals surface area contributed by atoms with Crippen molar-refractivity contribution in [3.63, 3.8) is 0 Å². The van der Waals surface area contributed by atoms with Crippen molar-refractivity contribution in [2.45, 2.75) is 40.0 Å². The molecule has 0 radical (unpaired) electrons. The molecule has 0 atom stereocenters. The highest BCUT2D eigenvalue weighted by atomic mass is 16.1. The van der Waals surface area contributed by atoms with E-state index in [1.54, 1.807) is 0 Å². The molecular weight excluding hydrogens is 360 g/mol. The van der Waals surface area contributed by atoms with Gasteiger partial charge in [-0.05, 0) is 57.4 Å². The Morgan fingerprint density at radius 1 is 1.07 bits per heavy atom. The number of aryl methyl sites for hydroxylation is 3. The van der Waals surface area contributed by atoms with Crippen LogP contribution in [0.3, 0.4) is 0 Å². The Bertz CT molecular complexity index is 1150. The third kappa shape index (κ3) is 3.94. The number of H-pyrrole nitrogens is 1. The topological polar surface area (TPSA) is 62.7 Å². The fourth-order valence-corrected chi connectivity index (χ4v) is 3.74. The molecule has 0 bridgehead atoms. The highest BCUT2D eigenvalue weighted by molar-refractivity contribution is 5.92. The van der Waals surface area contributed by atoms with Gasteiger partial charge in [0, 0.05) is 23.5 Å². The second-order valence-corrected chi connectivity index (χ2v) is 7.55. The van der Waals surface area contributed by atoms with Crippen LogP contribution in [0.5, 0.6) is 0 Å². The Labute approximate surface area is 170 Å². The minimum Gasteiger partial charge on any atom is -0.361 e. The van der Waals surface area contributed by atoms with Gasteiger partial charge in [-0.15, -0.1) is 0 Å². The van der Waals surface area contributed by atoms with Crippen LogP contribution in [0, 0.1) is 20.8 Å². The lowest BCUT2D eigenvalue weighted by Gasteiger charge is -2.07. The number of nitrogens with zero attached hydrogens (tertiary/aromatic N) is 2. The van der Waals surface area contributed by atoms with Gasteiger partial charge in [0.25, 0.3) is 0 Å². The number of carbonyl (C=O) groups is 1. The Morgan fingerprint density at radius 3 is 2.62 bits per heavy atom. The first-order valence-electron chi connectivity index (χ1n) is 10.0. The van der Waals surface area contributed by atoms with Crippen molar-refractivity contribution in [1.82, 2.24) is 14.8 Å². The van der Waals surface area contributed by atoms with E-state index in [1.165, 1.54) is 16.5 Å². The van der Waals surface area contributed by atoms with E-state index in [-0.39, 0.29) is 5.91 Å². The summed E-state index contributed by atoms with van der Waals surface area (Å²) in [6, 6.07) is 16.5. The van der Waals surface area contributed by atoms with Gasteiger partial charge in [-0.3, -0.25) is 4.79 Å². The number of aromatic amines is 1. The van der Waals surface area contributed by atoms with Crippen LogP contribution in [0.4, 0.5) is 5.69 Å². The number of rotatable bonds is 6. The van der Waals surface area contributed by atoms with E-state index in [2.05, 4.69) is 46.6 Å². The second kappa shape index (κ2) is 7.95. The van der Waals surface area contributed by atoms with Gasteiger partial charge in [0.05, 0.1) is 22.8 Å². The number of hydrogen-bond acceptors (Lipinski definition) is 2. The lowest BCUT2D eigenvalue weighted by Crippen LogP contribution is -2.13. The van der Waals surface area contributed by atoms with Gasteiger partial charge in [-0.2, -0.15) is 5.10 Å². The van der Waals surface area contributed by atoms with Crippen LogP contribution in [-0.4, -0.2) is 20.7 Å². The van der Waals surface area contributed by atoms with E-state index in [9.17, 15) is 4.79 Å². The van der Waals surface area contributed by atoms with Gasteiger partial charge < -0.3 is 10.3 Å². The monoisotopic (exact) mass is 386 g/mol. The van der Waals surface area contributed by atoms with Gasteiger partial charge in [0.15, 0.2) is 0 Å². The Morgan fingerprint density at radius 2 is 1.83 bits per heavy atom. The maximum atomic E-state index is 12.5. The Kier molecular flexibility index (Phi) is 5.21. The second-order valence-electron chi connectivity index (χ2n) is 7.55. The highest BCUT2D eigenvalue weighted by Crippen LogP contribution is 2.24. The van der Waals surface area contributed by atoms with Crippen LogP contribution < -0.4 is 5.32 Å². The molecule has 4 aromatic rings. The Hall–Kier alpha value is -3.34. The van der Waals surface area contributed by atoms with Crippen LogP contribution in [0.2, 0.25) is 0 Å². The molecule has 1 amide bonds. The number of anilines is 1. The first-order chi connectivity index (χ1) is 14.0. The summed E-state index contributed by atoms with van der Waals surface area (Å²) < 4.78 is 1.89. The first-order valence-corrected chi connectivity index (χ1v) is 10.0. The highest BCUT2D eigenvalue weighted by Gasteiger charge is 2.15. The maximum absolute atomic E-state index is 12.5. The van der Waals surface area contributed by atoms with E-state index in [0.29, 0.717) is 6.42 Å². The average Bonchev–Trinajstić information content (AvgIpc) is 3.25. The lowest BCUT2D eigenvalue weighted by atomic mass is 10.1. The zero-order valence-corrected chi connectivity index (χ0v) is 17.1. The fraction of sp³-hybridized carbons (Fsp3) is 0.250. The van der Waals surface area contributed by atoms with Crippen molar-refractivity contribution >= 4 is 22.5 Å². The van der Waals surface area contributed by atoms with Crippen molar-refractivity contribution in [2.75, 3.05) is 5.32 Å². The molecule has 0 spiro atoms. The predicted octanol–water partition coefficient (Wildman–Crippen LogP) is 5.24. The molecule has 0 aliphatic rings. The van der Waals surface area contributed by atoms with Gasteiger partial charge in [0.2, 0.25) is 5.91 Å². The minimum absolute atomic E-state index is 0.0273. The number of aromatic nitrogens is 3. The average molecular weight is 386 g/mol. The Balaban J connectivity index is 1.40. The summed E-state index contributed by atoms with van der Waals surface area (Å²) in [6.07, 6.45) is 4.20. The summed E-state index contributed by atoms with van der Waals surface area (Å²) >= 11 is 0. The minimum atomic E-state index is 0.0273. The summed E-state index contributed by atoms with van der Waals surface area (Å²) in [6.45, 7) is 5.98. The molecule has 2 heterocycles. The quantitative estimate of drug-likeness (QED) is 0.476. The van der Waals surface area contributed by atoms with E-state index >= 15 is 0 Å². The number of amides is 1. The molecule has 0 saturated heterocycles. The maximum Gasteiger partial charge on any atom is 0.224 e. The van der Waals surface area contributed by atoms with Gasteiger partial charge in [0.1, 0.15) is 0 Å². The third-order valence-corrected chi connectivity index (χ3v) is 5.36. The molecule has 4 rings (SSSR count). The summed E-state index contributed by atoms with van der Waals surface area (Å²) in [5, 5.41) is 8.92. The molecule has 0 aliphatic heterocycles. The van der Waals surface area contributed by atoms with Crippen molar-refractivity contribution in [3.05, 3.63) is 77.2 Å². The number of fused-ring (bicyclic) bond motifs is 1. The number of carbonyl (C=O) groups excluding carboxylic acids is 1. The van der Waals surface area contributed by atoms with E-state index < -0.39 is 0 Å². The summed E-state index contributed by atoms with van der Waals surface area (Å²) in [4.78, 5) is 15.8. The van der Waals surface area contributed by atoms with Crippen LogP contribution in [0.15, 0.2) is 54.7 Å². The molecule has 2 N–H and O–H groups in total. The molecule has 0 saturated carbocycles. The largest absolute Gasteiger partial charge is 0.361 e. The smallest absolute Gasteiger partial charge is 0.224 e. The van der Waals surface area contributed by atoms with Crippen LogP contribution in [0.1, 0.15) is 35.4 Å². The zero-order chi connectivity index (χ0) is 20.4. The summed E-state index contributed by atoms with van der Waals surface area (Å²) in [5.41, 5.74) is 7.18. The standard InChI is InChI=1S/C24H26N4O/c1-16-11-13-20(14-12-16)28-18(3)24(17(2)27-28)26-23(29)10-6-7-19-15-25-22-9-5-4-8-21(19)22/h4-5,8-9,11-15,25H,6-7,10H2,1-3H3,(H,26,29). The molecule has 5 nitrogen and oxygen atoms in total. The fourth-order valence-electron chi connectivity index (χ4n) is 3.74. The molecule has 29 heavy (non-hydrogen) atoms. The van der Waals surface area contributed by atoms with Crippen molar-refractivity contribution in [1.29, 1.82) is 0 Å². The van der Waals surface area contributed by atoms with Crippen LogP contribution >= 0.6 is 0 Å². The number of benzene rings is 2. The van der Waals surface area contributed by atoms with Crippen LogP contribution in [-0.2, 0) is 11.2 Å². The van der Waals surface area contributed by atoms with Gasteiger partial charge >= 0.3 is 0 Å². The molecular formula is C24H26N4O. The SMILES string of the molecule is Cc1ccc(-n2nc(C)c(NC(=O)CCCc3c[nH]c4ccccc34)c2C)cc1. The molecule has 5 heteroatoms. The van der Waals surface area contributed by atoms with Gasteiger partial charge in [-0.1, -0.05) is 35.9 Å². The van der Waals surface area contributed by atoms with Gasteiger partial charge in [-0.25, -0.2) is 4.68 Å². The predicted molar refractivity (Wildman–Crippen MR) is 118 cm³/mol. The van der Waals surface area contributed by atoms with E-state index in [0.717, 1.165) is 41.1 Å². The molecule has 2 aromatic carbocycles. The van der Waals surface area contributed by atoms with E-state index in [4.69, 9.17) is 0 Å². The van der Waals surface area contributed by atoms with Crippen molar-refractivity contribution in [3.8, 4) is 5.69 Å². The molecule has 148 valence electrons. The van der Waals surface area contributed by atoms with Crippen molar-refractivity contribution < 1.29 is 4.79 Å². The summed E-state index contributed by atoms with van der Waals surface area (Å²) in [7, 11) is 0. The lowest BCUT2D eigenvalue weighted by molar-refractivity contribution is -0.116. The van der Waals surface area contributed by atoms with E-state index in [1.807, 2.05) is 49.0 Å². The first kappa shape index (κ1) is 19.0. The molecule has 0 aliphatic carbocycles. The number of nitrogens with one attached hydrogen (secondary N) is 2. The third-order valence-electron chi connectivity index (χ3n) is 5.36. The molecule has 0 fully saturated rings. The zero-order valence-electron chi connectivity index (χ0n) is 17.1. The molecule has 2 aromatic heterocycles. The number of para-hydroxylation sites is 1. The number of hydrogen-bond donors (Lipinski definition) is 2. The summed E-state index contributed by atoms with van der Waals surface area (Å²) in [5.74, 6) is 0.0273. The van der Waals surface area contributed by atoms with Crippen molar-refractivity contribution in [2.24, 2.45) is 0 Å².